The lowest BCUT2D eigenvalue weighted by atomic mass is 9.73. The van der Waals surface area contributed by atoms with Crippen LogP contribution in [0.4, 0.5) is 0 Å². The third-order valence-electron chi connectivity index (χ3n) is 6.31. The maximum atomic E-state index is 3.55. The van der Waals surface area contributed by atoms with Crippen LogP contribution < -0.4 is 5.32 Å². The molecule has 0 radical (unpaired) electrons. The molecule has 0 aromatic carbocycles. The first kappa shape index (κ1) is 13.9. The molecule has 19 heavy (non-hydrogen) atoms. The highest BCUT2D eigenvalue weighted by molar-refractivity contribution is 4.93. The van der Waals surface area contributed by atoms with Crippen molar-refractivity contribution in [3.05, 3.63) is 0 Å². The fourth-order valence-electron chi connectivity index (χ4n) is 4.94. The van der Waals surface area contributed by atoms with Gasteiger partial charge >= 0.3 is 0 Å². The third-order valence-corrected chi connectivity index (χ3v) is 6.31. The second-order valence-electron chi connectivity index (χ2n) is 7.33. The summed E-state index contributed by atoms with van der Waals surface area (Å²) in [7, 11) is 0. The van der Waals surface area contributed by atoms with Gasteiger partial charge in [-0.3, -0.25) is 4.90 Å². The van der Waals surface area contributed by atoms with E-state index in [2.05, 4.69) is 17.1 Å². The number of nitrogens with zero attached hydrogens (tertiary/aromatic N) is 1. The predicted octanol–water partition coefficient (Wildman–Crippen LogP) is 3.42. The summed E-state index contributed by atoms with van der Waals surface area (Å²) in [5, 5.41) is 3.55. The van der Waals surface area contributed by atoms with Crippen molar-refractivity contribution in [1.82, 2.24) is 10.2 Å². The van der Waals surface area contributed by atoms with E-state index in [9.17, 15) is 0 Å². The molecule has 2 nitrogen and oxygen atoms in total. The molecular formula is C17H32N2. The smallest absolute Gasteiger partial charge is 0.0124 e. The topological polar surface area (TPSA) is 15.3 Å². The van der Waals surface area contributed by atoms with Crippen LogP contribution in [0.5, 0.6) is 0 Å². The lowest BCUT2D eigenvalue weighted by Gasteiger charge is -2.49. The third kappa shape index (κ3) is 3.00. The van der Waals surface area contributed by atoms with Crippen molar-refractivity contribution >= 4 is 0 Å². The average molecular weight is 264 g/mol. The number of fused-ring (bicyclic) bond motifs is 1. The first-order chi connectivity index (χ1) is 9.33. The van der Waals surface area contributed by atoms with Crippen molar-refractivity contribution in [2.45, 2.75) is 70.8 Å². The lowest BCUT2D eigenvalue weighted by molar-refractivity contribution is 0.0113. The molecule has 0 bridgehead atoms. The Labute approximate surface area is 119 Å². The van der Waals surface area contributed by atoms with Gasteiger partial charge in [-0.2, -0.15) is 0 Å². The number of rotatable bonds is 3. The van der Waals surface area contributed by atoms with Gasteiger partial charge in [-0.15, -0.1) is 0 Å². The lowest BCUT2D eigenvalue weighted by Crippen LogP contribution is -2.52. The minimum atomic E-state index is 0.630. The highest BCUT2D eigenvalue weighted by Gasteiger charge is 2.38. The van der Waals surface area contributed by atoms with Gasteiger partial charge in [0.1, 0.15) is 0 Å². The molecule has 3 aliphatic rings. The number of hydrogen-bond acceptors (Lipinski definition) is 2. The number of nitrogens with one attached hydrogen (secondary N) is 1. The molecule has 1 N–H and O–H groups in total. The summed E-state index contributed by atoms with van der Waals surface area (Å²) in [6.07, 6.45) is 13.1. The van der Waals surface area contributed by atoms with E-state index in [1.54, 1.807) is 0 Å². The molecule has 2 saturated heterocycles. The second-order valence-corrected chi connectivity index (χ2v) is 7.33. The quantitative estimate of drug-likeness (QED) is 0.840. The Morgan fingerprint density at radius 1 is 1.05 bits per heavy atom. The number of likely N-dealkylation sites (tertiary alicyclic amines) is 1. The molecule has 2 unspecified atom stereocenters. The normalized spacial score (nSPS) is 35.8. The van der Waals surface area contributed by atoms with Crippen LogP contribution in [0.1, 0.15) is 64.7 Å². The molecule has 0 aromatic heterocycles. The zero-order chi connectivity index (χ0) is 13.1. The molecule has 1 saturated carbocycles. The predicted molar refractivity (Wildman–Crippen MR) is 81.4 cm³/mol. The van der Waals surface area contributed by atoms with E-state index in [0.717, 1.165) is 12.0 Å². The molecule has 110 valence electrons. The first-order valence-electron chi connectivity index (χ1n) is 8.78. The van der Waals surface area contributed by atoms with Gasteiger partial charge in [0.15, 0.2) is 0 Å². The van der Waals surface area contributed by atoms with E-state index in [4.69, 9.17) is 0 Å². The van der Waals surface area contributed by atoms with Crippen LogP contribution in [0, 0.1) is 11.3 Å². The Morgan fingerprint density at radius 3 is 2.58 bits per heavy atom. The van der Waals surface area contributed by atoms with Crippen molar-refractivity contribution in [1.29, 1.82) is 0 Å². The van der Waals surface area contributed by atoms with Crippen LogP contribution in [0.15, 0.2) is 0 Å². The van der Waals surface area contributed by atoms with Crippen LogP contribution in [-0.4, -0.2) is 37.1 Å². The van der Waals surface area contributed by atoms with Crippen LogP contribution in [0.3, 0.4) is 0 Å². The van der Waals surface area contributed by atoms with Gasteiger partial charge in [0.25, 0.3) is 0 Å². The molecule has 0 spiro atoms. The van der Waals surface area contributed by atoms with E-state index in [0.29, 0.717) is 5.41 Å². The van der Waals surface area contributed by atoms with Crippen molar-refractivity contribution in [2.75, 3.05) is 26.2 Å². The van der Waals surface area contributed by atoms with Crippen molar-refractivity contribution in [2.24, 2.45) is 11.3 Å². The van der Waals surface area contributed by atoms with Gasteiger partial charge in [-0.05, 0) is 75.9 Å². The van der Waals surface area contributed by atoms with Gasteiger partial charge in [0.05, 0.1) is 0 Å². The molecular weight excluding hydrogens is 232 g/mol. The Bertz CT molecular complexity index is 281. The fraction of sp³-hybridized carbons (Fsp3) is 1.00. The van der Waals surface area contributed by atoms with Crippen molar-refractivity contribution in [3.63, 3.8) is 0 Å². The van der Waals surface area contributed by atoms with Crippen LogP contribution in [0.2, 0.25) is 0 Å². The van der Waals surface area contributed by atoms with Crippen LogP contribution >= 0.6 is 0 Å². The van der Waals surface area contributed by atoms with E-state index >= 15 is 0 Å². The molecule has 2 heteroatoms. The molecule has 0 amide bonds. The Morgan fingerprint density at radius 2 is 1.79 bits per heavy atom. The average Bonchev–Trinajstić information content (AvgIpc) is 2.49. The minimum absolute atomic E-state index is 0.630. The Balaban J connectivity index is 1.66. The largest absolute Gasteiger partial charge is 0.317 e. The second kappa shape index (κ2) is 6.13. The zero-order valence-corrected chi connectivity index (χ0v) is 12.8. The molecule has 0 aromatic rings. The SMILES string of the molecule is CCC1(CN2CCCC3CCCCC32)CCNCC1. The van der Waals surface area contributed by atoms with E-state index < -0.39 is 0 Å². The summed E-state index contributed by atoms with van der Waals surface area (Å²) in [6, 6.07) is 0.945. The highest BCUT2D eigenvalue weighted by Crippen LogP contribution is 2.40. The highest BCUT2D eigenvalue weighted by atomic mass is 15.2. The number of hydrogen-bond donors (Lipinski definition) is 1. The Kier molecular flexibility index (Phi) is 4.48. The summed E-state index contributed by atoms with van der Waals surface area (Å²) in [4.78, 5) is 2.92. The molecule has 2 aliphatic heterocycles. The monoisotopic (exact) mass is 264 g/mol. The minimum Gasteiger partial charge on any atom is -0.317 e. The van der Waals surface area contributed by atoms with Crippen molar-refractivity contribution in [3.8, 4) is 0 Å². The van der Waals surface area contributed by atoms with Crippen molar-refractivity contribution < 1.29 is 0 Å². The summed E-state index contributed by atoms with van der Waals surface area (Å²) in [5.41, 5.74) is 0.630. The van der Waals surface area contributed by atoms with E-state index in [-0.39, 0.29) is 0 Å². The summed E-state index contributed by atoms with van der Waals surface area (Å²) >= 11 is 0. The summed E-state index contributed by atoms with van der Waals surface area (Å²) in [5.74, 6) is 1.04. The molecule has 3 fully saturated rings. The molecule has 1 aliphatic carbocycles. The Hall–Kier alpha value is -0.0800. The van der Waals surface area contributed by atoms with Gasteiger partial charge in [0, 0.05) is 12.6 Å². The van der Waals surface area contributed by atoms with E-state index in [1.807, 2.05) is 0 Å². The van der Waals surface area contributed by atoms with Crippen LogP contribution in [0.25, 0.3) is 0 Å². The maximum Gasteiger partial charge on any atom is 0.0124 e. The van der Waals surface area contributed by atoms with Gasteiger partial charge in [-0.1, -0.05) is 19.8 Å². The summed E-state index contributed by atoms with van der Waals surface area (Å²) < 4.78 is 0. The molecule has 2 heterocycles. The van der Waals surface area contributed by atoms with Gasteiger partial charge in [0.2, 0.25) is 0 Å². The standard InChI is InChI=1S/C17H32N2/c1-2-17(9-11-18-12-10-17)14-19-13-5-7-15-6-3-4-8-16(15)19/h15-16,18H,2-14H2,1H3. The maximum absolute atomic E-state index is 3.55. The van der Waals surface area contributed by atoms with Crippen LogP contribution in [-0.2, 0) is 0 Å². The molecule has 2 atom stereocenters. The zero-order valence-electron chi connectivity index (χ0n) is 12.8. The van der Waals surface area contributed by atoms with Gasteiger partial charge < -0.3 is 5.32 Å². The van der Waals surface area contributed by atoms with E-state index in [1.165, 1.54) is 84.0 Å². The number of piperidine rings is 2. The summed E-state index contributed by atoms with van der Waals surface area (Å²) in [6.45, 7) is 7.70. The fourth-order valence-corrected chi connectivity index (χ4v) is 4.94. The molecule has 3 rings (SSSR count). The first-order valence-corrected chi connectivity index (χ1v) is 8.78. The van der Waals surface area contributed by atoms with Gasteiger partial charge in [-0.25, -0.2) is 0 Å².